The molecule has 142 valence electrons. The molecular weight excluding hydrogens is 372 g/mol. The molecule has 28 heavy (non-hydrogen) atoms. The minimum absolute atomic E-state index is 0.0929. The SMILES string of the molecule is CC(C)c1ccc(-n2nnnc2S[C@H](C)c2nnc(-c3ccccc3)o2)cc1. The van der Waals surface area contributed by atoms with E-state index in [-0.39, 0.29) is 5.25 Å². The van der Waals surface area contributed by atoms with E-state index < -0.39 is 0 Å². The summed E-state index contributed by atoms with van der Waals surface area (Å²) < 4.78 is 7.57. The fraction of sp³-hybridized carbons (Fsp3) is 0.250. The van der Waals surface area contributed by atoms with Crippen LogP contribution in [-0.4, -0.2) is 30.4 Å². The van der Waals surface area contributed by atoms with Gasteiger partial charge in [-0.2, -0.15) is 4.68 Å². The van der Waals surface area contributed by atoms with Crippen LogP contribution in [0.1, 0.15) is 43.4 Å². The van der Waals surface area contributed by atoms with Crippen molar-refractivity contribution in [2.24, 2.45) is 0 Å². The van der Waals surface area contributed by atoms with Crippen LogP contribution in [0.5, 0.6) is 0 Å². The summed E-state index contributed by atoms with van der Waals surface area (Å²) in [6.07, 6.45) is 0. The van der Waals surface area contributed by atoms with Crippen LogP contribution < -0.4 is 0 Å². The second-order valence-corrected chi connectivity index (χ2v) is 8.00. The molecule has 1 atom stereocenters. The third-order valence-corrected chi connectivity index (χ3v) is 5.36. The molecule has 0 unspecified atom stereocenters. The lowest BCUT2D eigenvalue weighted by atomic mass is 10.0. The molecule has 0 N–H and O–H groups in total. The Kier molecular flexibility index (Phi) is 5.21. The maximum absolute atomic E-state index is 5.85. The van der Waals surface area contributed by atoms with Gasteiger partial charge in [0.1, 0.15) is 0 Å². The van der Waals surface area contributed by atoms with E-state index in [1.54, 1.807) is 4.68 Å². The first-order valence-corrected chi connectivity index (χ1v) is 9.94. The minimum Gasteiger partial charge on any atom is -0.419 e. The molecule has 4 aromatic rings. The van der Waals surface area contributed by atoms with Gasteiger partial charge in [0.25, 0.3) is 0 Å². The van der Waals surface area contributed by atoms with E-state index in [9.17, 15) is 0 Å². The van der Waals surface area contributed by atoms with Gasteiger partial charge in [0.2, 0.25) is 16.9 Å². The zero-order valence-corrected chi connectivity index (χ0v) is 16.7. The standard InChI is InChI=1S/C20H20N6OS/c1-13(2)15-9-11-17(12-10-15)26-20(23-24-25-26)28-14(3)18-21-22-19(27-18)16-7-5-4-6-8-16/h4-14H,1-3H3/t14-/m1/s1. The molecule has 7 nitrogen and oxygen atoms in total. The lowest BCUT2D eigenvalue weighted by Gasteiger charge is -2.09. The monoisotopic (exact) mass is 392 g/mol. The van der Waals surface area contributed by atoms with E-state index in [4.69, 9.17) is 4.42 Å². The molecule has 0 amide bonds. The normalized spacial score (nSPS) is 12.4. The minimum atomic E-state index is -0.0929. The van der Waals surface area contributed by atoms with Gasteiger partial charge >= 0.3 is 0 Å². The highest BCUT2D eigenvalue weighted by Crippen LogP contribution is 2.34. The lowest BCUT2D eigenvalue weighted by molar-refractivity contribution is 0.509. The molecule has 0 aliphatic carbocycles. The summed E-state index contributed by atoms with van der Waals surface area (Å²) in [5, 5.41) is 21.0. The van der Waals surface area contributed by atoms with Gasteiger partial charge in [0.05, 0.1) is 10.9 Å². The summed E-state index contributed by atoms with van der Waals surface area (Å²) in [6.45, 7) is 6.33. The van der Waals surface area contributed by atoms with Crippen LogP contribution in [0.15, 0.2) is 64.2 Å². The highest BCUT2D eigenvalue weighted by molar-refractivity contribution is 7.99. The van der Waals surface area contributed by atoms with Crippen LogP contribution in [0.4, 0.5) is 0 Å². The number of rotatable bonds is 6. The van der Waals surface area contributed by atoms with Gasteiger partial charge in [0.15, 0.2) is 0 Å². The van der Waals surface area contributed by atoms with E-state index in [2.05, 4.69) is 51.7 Å². The van der Waals surface area contributed by atoms with Gasteiger partial charge in [0, 0.05) is 5.56 Å². The number of nitrogens with zero attached hydrogens (tertiary/aromatic N) is 6. The Balaban J connectivity index is 1.52. The van der Waals surface area contributed by atoms with Gasteiger partial charge < -0.3 is 4.42 Å². The second kappa shape index (κ2) is 7.93. The summed E-state index contributed by atoms with van der Waals surface area (Å²) in [6, 6.07) is 18.0. The molecule has 0 radical (unpaired) electrons. The highest BCUT2D eigenvalue weighted by Gasteiger charge is 2.20. The van der Waals surface area contributed by atoms with Crippen molar-refractivity contribution in [3.05, 3.63) is 66.1 Å². The van der Waals surface area contributed by atoms with E-state index in [0.29, 0.717) is 22.9 Å². The van der Waals surface area contributed by atoms with E-state index in [0.717, 1.165) is 11.3 Å². The molecule has 2 aromatic carbocycles. The van der Waals surface area contributed by atoms with Crippen molar-refractivity contribution in [2.45, 2.75) is 37.1 Å². The lowest BCUT2D eigenvalue weighted by Crippen LogP contribution is -2.01. The quantitative estimate of drug-likeness (QED) is 0.440. The van der Waals surface area contributed by atoms with Crippen molar-refractivity contribution in [2.75, 3.05) is 0 Å². The Morgan fingerprint density at radius 1 is 0.893 bits per heavy atom. The molecule has 0 spiro atoms. The molecule has 0 saturated heterocycles. The molecule has 0 aliphatic rings. The first-order chi connectivity index (χ1) is 13.6. The van der Waals surface area contributed by atoms with E-state index in [1.807, 2.05) is 49.4 Å². The smallest absolute Gasteiger partial charge is 0.247 e. The topological polar surface area (TPSA) is 82.5 Å². The summed E-state index contributed by atoms with van der Waals surface area (Å²) in [7, 11) is 0. The Morgan fingerprint density at radius 3 is 2.36 bits per heavy atom. The summed E-state index contributed by atoms with van der Waals surface area (Å²) >= 11 is 1.47. The molecule has 4 rings (SSSR count). The number of benzene rings is 2. The molecule has 8 heteroatoms. The van der Waals surface area contributed by atoms with E-state index in [1.165, 1.54) is 17.3 Å². The fourth-order valence-corrected chi connectivity index (χ4v) is 3.56. The number of tetrazole rings is 1. The maximum Gasteiger partial charge on any atom is 0.247 e. The van der Waals surface area contributed by atoms with E-state index >= 15 is 0 Å². The Labute approximate surface area is 167 Å². The van der Waals surface area contributed by atoms with Gasteiger partial charge in [-0.15, -0.1) is 15.3 Å². The van der Waals surface area contributed by atoms with Crippen molar-refractivity contribution in [1.29, 1.82) is 0 Å². The van der Waals surface area contributed by atoms with Crippen LogP contribution in [-0.2, 0) is 0 Å². The average molecular weight is 392 g/mol. The van der Waals surface area contributed by atoms with Gasteiger partial charge in [-0.25, -0.2) is 0 Å². The first-order valence-electron chi connectivity index (χ1n) is 9.06. The fourth-order valence-electron chi connectivity index (χ4n) is 2.72. The largest absolute Gasteiger partial charge is 0.419 e. The number of thioether (sulfide) groups is 1. The average Bonchev–Trinajstić information content (AvgIpc) is 3.38. The Bertz CT molecular complexity index is 1040. The van der Waals surface area contributed by atoms with Crippen molar-refractivity contribution in [3.63, 3.8) is 0 Å². The predicted molar refractivity (Wildman–Crippen MR) is 107 cm³/mol. The Morgan fingerprint density at radius 2 is 1.64 bits per heavy atom. The molecule has 2 aromatic heterocycles. The maximum atomic E-state index is 5.85. The van der Waals surface area contributed by atoms with Crippen molar-refractivity contribution < 1.29 is 4.42 Å². The van der Waals surface area contributed by atoms with Crippen LogP contribution in [0, 0.1) is 0 Å². The van der Waals surface area contributed by atoms with Gasteiger partial charge in [-0.05, 0) is 53.1 Å². The molecule has 2 heterocycles. The summed E-state index contributed by atoms with van der Waals surface area (Å²) in [5.41, 5.74) is 3.09. The number of hydrogen-bond donors (Lipinski definition) is 0. The number of hydrogen-bond acceptors (Lipinski definition) is 7. The zero-order chi connectivity index (χ0) is 19.5. The van der Waals surface area contributed by atoms with Crippen LogP contribution in [0.25, 0.3) is 17.1 Å². The van der Waals surface area contributed by atoms with Crippen LogP contribution in [0.3, 0.4) is 0 Å². The van der Waals surface area contributed by atoms with Crippen molar-refractivity contribution in [3.8, 4) is 17.1 Å². The molecule has 0 saturated carbocycles. The summed E-state index contributed by atoms with van der Waals surface area (Å²) in [5.74, 6) is 1.52. The van der Waals surface area contributed by atoms with Crippen LogP contribution >= 0.6 is 11.8 Å². The van der Waals surface area contributed by atoms with Crippen LogP contribution in [0.2, 0.25) is 0 Å². The number of aromatic nitrogens is 6. The Hall–Kier alpha value is -3.00. The summed E-state index contributed by atoms with van der Waals surface area (Å²) in [4.78, 5) is 0. The van der Waals surface area contributed by atoms with Crippen molar-refractivity contribution in [1.82, 2.24) is 30.4 Å². The highest BCUT2D eigenvalue weighted by atomic mass is 32.2. The third kappa shape index (κ3) is 3.82. The third-order valence-electron chi connectivity index (χ3n) is 4.34. The van der Waals surface area contributed by atoms with Crippen molar-refractivity contribution >= 4 is 11.8 Å². The second-order valence-electron chi connectivity index (χ2n) is 6.69. The van der Waals surface area contributed by atoms with Gasteiger partial charge in [-0.3, -0.25) is 0 Å². The first kappa shape index (κ1) is 18.4. The zero-order valence-electron chi connectivity index (χ0n) is 15.9. The predicted octanol–water partition coefficient (Wildman–Crippen LogP) is 4.69. The molecule has 0 fully saturated rings. The molecule has 0 aliphatic heterocycles. The molecule has 0 bridgehead atoms. The van der Waals surface area contributed by atoms with Gasteiger partial charge in [-0.1, -0.05) is 55.9 Å². The molecular formula is C20H20N6OS.